The molecule has 0 aromatic carbocycles. The van der Waals surface area contributed by atoms with Gasteiger partial charge in [0.25, 0.3) is 5.91 Å². The summed E-state index contributed by atoms with van der Waals surface area (Å²) in [5.41, 5.74) is 3.80. The van der Waals surface area contributed by atoms with Crippen molar-refractivity contribution < 1.29 is 4.79 Å². The van der Waals surface area contributed by atoms with Crippen LogP contribution in [0.3, 0.4) is 0 Å². The van der Waals surface area contributed by atoms with E-state index in [-0.39, 0.29) is 5.91 Å². The van der Waals surface area contributed by atoms with Crippen molar-refractivity contribution >= 4 is 17.2 Å². The molecule has 6 heteroatoms. The van der Waals surface area contributed by atoms with E-state index in [4.69, 9.17) is 5.84 Å². The third kappa shape index (κ3) is 2.32. The summed E-state index contributed by atoms with van der Waals surface area (Å²) in [6.07, 6.45) is 4.12. The minimum absolute atomic E-state index is 0.297. The molecule has 1 amide bonds. The van der Waals surface area contributed by atoms with Gasteiger partial charge in [-0.15, -0.1) is 11.3 Å². The molecule has 0 aliphatic carbocycles. The molecule has 5 nitrogen and oxygen atoms in total. The highest BCUT2D eigenvalue weighted by atomic mass is 32.1. The number of aryl methyl sites for hydroxylation is 1. The van der Waals surface area contributed by atoms with E-state index in [1.807, 2.05) is 19.1 Å². The smallest absolute Gasteiger partial charge is 0.277 e. The summed E-state index contributed by atoms with van der Waals surface area (Å²) in [7, 11) is 0. The Bertz CT molecular complexity index is 524. The molecule has 0 saturated carbocycles. The summed E-state index contributed by atoms with van der Waals surface area (Å²) >= 11 is 1.33. The lowest BCUT2D eigenvalue weighted by Gasteiger charge is -1.95. The molecule has 0 spiro atoms. The number of carbonyl (C=O) groups excluding carboxylic acids is 1. The van der Waals surface area contributed by atoms with Crippen LogP contribution in [0.1, 0.15) is 22.3 Å². The number of hydrazine groups is 1. The number of aromatic nitrogens is 2. The highest BCUT2D eigenvalue weighted by Gasteiger charge is 2.16. The van der Waals surface area contributed by atoms with Gasteiger partial charge in [-0.3, -0.25) is 15.2 Å². The normalized spacial score (nSPS) is 10.2. The van der Waals surface area contributed by atoms with Crippen LogP contribution in [0.15, 0.2) is 24.5 Å². The second-order valence-electron chi connectivity index (χ2n) is 3.36. The monoisotopic (exact) mass is 248 g/mol. The van der Waals surface area contributed by atoms with Gasteiger partial charge in [0, 0.05) is 18.0 Å². The fourth-order valence-electron chi connectivity index (χ4n) is 1.45. The van der Waals surface area contributed by atoms with Gasteiger partial charge >= 0.3 is 0 Å². The van der Waals surface area contributed by atoms with Crippen LogP contribution in [0.4, 0.5) is 0 Å². The van der Waals surface area contributed by atoms with Crippen LogP contribution in [0.25, 0.3) is 10.6 Å². The van der Waals surface area contributed by atoms with Gasteiger partial charge in [-0.1, -0.05) is 6.92 Å². The Kier molecular flexibility index (Phi) is 3.46. The lowest BCUT2D eigenvalue weighted by molar-refractivity contribution is 0.0956. The first-order valence-corrected chi connectivity index (χ1v) is 5.99. The first-order valence-electron chi connectivity index (χ1n) is 5.17. The van der Waals surface area contributed by atoms with Crippen molar-refractivity contribution in [3.63, 3.8) is 0 Å². The van der Waals surface area contributed by atoms with Crippen LogP contribution >= 0.6 is 11.3 Å². The molecule has 0 saturated heterocycles. The van der Waals surface area contributed by atoms with Crippen molar-refractivity contribution in [1.82, 2.24) is 15.4 Å². The largest absolute Gasteiger partial charge is 0.289 e. The summed E-state index contributed by atoms with van der Waals surface area (Å²) in [5, 5.41) is 0.786. The maximum atomic E-state index is 11.6. The van der Waals surface area contributed by atoms with Crippen LogP contribution in [0.2, 0.25) is 0 Å². The molecule has 0 aliphatic heterocycles. The lowest BCUT2D eigenvalue weighted by atomic mass is 10.2. The average molecular weight is 248 g/mol. The minimum Gasteiger partial charge on any atom is -0.289 e. The fraction of sp³-hybridized carbons (Fsp3) is 0.182. The number of rotatable bonds is 3. The number of nitrogens with zero attached hydrogens (tertiary/aromatic N) is 2. The Morgan fingerprint density at radius 1 is 1.59 bits per heavy atom. The molecular formula is C11H12N4OS. The number of nitrogens with one attached hydrogen (secondary N) is 1. The number of amides is 1. The molecule has 0 unspecified atom stereocenters. The molecule has 0 bridgehead atoms. The SMILES string of the molecule is CCc1nc(-c2cccnc2)sc1C(=O)NN. The van der Waals surface area contributed by atoms with Crippen LogP contribution in [0.5, 0.6) is 0 Å². The average Bonchev–Trinajstić information content (AvgIpc) is 2.83. The van der Waals surface area contributed by atoms with Gasteiger partial charge in [-0.05, 0) is 18.6 Å². The van der Waals surface area contributed by atoms with Crippen molar-refractivity contribution in [3.8, 4) is 10.6 Å². The number of pyridine rings is 1. The standard InChI is InChI=1S/C11H12N4OS/c1-2-8-9(10(16)15-12)17-11(14-8)7-4-3-5-13-6-7/h3-6H,2,12H2,1H3,(H,15,16). The maximum Gasteiger partial charge on any atom is 0.277 e. The number of nitrogen functional groups attached to an aromatic ring is 1. The first-order chi connectivity index (χ1) is 8.26. The van der Waals surface area contributed by atoms with E-state index >= 15 is 0 Å². The molecule has 17 heavy (non-hydrogen) atoms. The lowest BCUT2D eigenvalue weighted by Crippen LogP contribution is -2.29. The number of hydrogen-bond acceptors (Lipinski definition) is 5. The molecule has 2 aromatic rings. The van der Waals surface area contributed by atoms with Gasteiger partial charge in [0.2, 0.25) is 0 Å². The van der Waals surface area contributed by atoms with Gasteiger partial charge < -0.3 is 0 Å². The Morgan fingerprint density at radius 2 is 2.41 bits per heavy atom. The summed E-state index contributed by atoms with van der Waals surface area (Å²) in [5.74, 6) is 4.85. The van der Waals surface area contributed by atoms with Crippen LogP contribution in [0, 0.1) is 0 Å². The van der Waals surface area contributed by atoms with Crippen molar-refractivity contribution in [1.29, 1.82) is 0 Å². The topological polar surface area (TPSA) is 80.9 Å². The molecular weight excluding hydrogens is 236 g/mol. The Labute approximate surface area is 103 Å². The third-order valence-electron chi connectivity index (χ3n) is 2.28. The molecule has 88 valence electrons. The molecule has 2 aromatic heterocycles. The Balaban J connectivity index is 2.45. The highest BCUT2D eigenvalue weighted by molar-refractivity contribution is 7.17. The van der Waals surface area contributed by atoms with Gasteiger partial charge in [0.05, 0.1) is 5.69 Å². The fourth-order valence-corrected chi connectivity index (χ4v) is 2.49. The van der Waals surface area contributed by atoms with Crippen LogP contribution in [-0.4, -0.2) is 15.9 Å². The quantitative estimate of drug-likeness (QED) is 0.488. The number of thiazole rings is 1. The summed E-state index contributed by atoms with van der Waals surface area (Å²) in [6.45, 7) is 1.95. The number of carbonyl (C=O) groups is 1. The number of hydrogen-bond donors (Lipinski definition) is 2. The minimum atomic E-state index is -0.297. The number of nitrogens with two attached hydrogens (primary N) is 1. The van der Waals surface area contributed by atoms with Gasteiger partial charge in [-0.2, -0.15) is 0 Å². The van der Waals surface area contributed by atoms with Crippen molar-refractivity contribution in [3.05, 3.63) is 35.1 Å². The van der Waals surface area contributed by atoms with Crippen molar-refractivity contribution in [2.45, 2.75) is 13.3 Å². The van der Waals surface area contributed by atoms with Crippen LogP contribution in [-0.2, 0) is 6.42 Å². The highest BCUT2D eigenvalue weighted by Crippen LogP contribution is 2.27. The Hall–Kier alpha value is -1.79. The first kappa shape index (κ1) is 11.7. The van der Waals surface area contributed by atoms with E-state index in [1.54, 1.807) is 12.4 Å². The summed E-state index contributed by atoms with van der Waals surface area (Å²) < 4.78 is 0. The predicted octanol–water partition coefficient (Wildman–Crippen LogP) is 1.37. The molecule has 0 aliphatic rings. The van der Waals surface area contributed by atoms with E-state index in [0.717, 1.165) is 16.3 Å². The molecule has 2 rings (SSSR count). The molecule has 3 N–H and O–H groups in total. The molecule has 0 atom stereocenters. The van der Waals surface area contributed by atoms with Gasteiger partial charge in [-0.25, -0.2) is 10.8 Å². The maximum absolute atomic E-state index is 11.6. The van der Waals surface area contributed by atoms with Gasteiger partial charge in [0.15, 0.2) is 0 Å². The zero-order chi connectivity index (χ0) is 12.3. The molecule has 0 radical (unpaired) electrons. The van der Waals surface area contributed by atoms with Gasteiger partial charge in [0.1, 0.15) is 9.88 Å². The zero-order valence-electron chi connectivity index (χ0n) is 9.30. The summed E-state index contributed by atoms with van der Waals surface area (Å²) in [4.78, 5) is 20.6. The van der Waals surface area contributed by atoms with E-state index in [1.165, 1.54) is 11.3 Å². The zero-order valence-corrected chi connectivity index (χ0v) is 10.1. The van der Waals surface area contributed by atoms with E-state index in [0.29, 0.717) is 11.3 Å². The molecule has 2 heterocycles. The third-order valence-corrected chi connectivity index (χ3v) is 3.42. The predicted molar refractivity (Wildman–Crippen MR) is 66.4 cm³/mol. The Morgan fingerprint density at radius 3 is 3.00 bits per heavy atom. The summed E-state index contributed by atoms with van der Waals surface area (Å²) in [6, 6.07) is 3.75. The second-order valence-corrected chi connectivity index (χ2v) is 4.36. The van der Waals surface area contributed by atoms with E-state index in [2.05, 4.69) is 15.4 Å². The van der Waals surface area contributed by atoms with Crippen molar-refractivity contribution in [2.24, 2.45) is 5.84 Å². The van der Waals surface area contributed by atoms with Crippen LogP contribution < -0.4 is 11.3 Å². The van der Waals surface area contributed by atoms with E-state index < -0.39 is 0 Å². The van der Waals surface area contributed by atoms with Crippen molar-refractivity contribution in [2.75, 3.05) is 0 Å². The van der Waals surface area contributed by atoms with E-state index in [9.17, 15) is 4.79 Å². The molecule has 0 fully saturated rings. The second kappa shape index (κ2) is 5.03.